The van der Waals surface area contributed by atoms with Crippen LogP contribution in [0.3, 0.4) is 0 Å². The monoisotopic (exact) mass is 402 g/mol. The molecular weight excluding hydrogens is 384 g/mol. The summed E-state index contributed by atoms with van der Waals surface area (Å²) in [4.78, 5) is 14.6. The highest BCUT2D eigenvalue weighted by Gasteiger charge is 2.22. The SMILES string of the molecule is CCN(CC1CCNCC1)C(=O)c1cc(Br)ccc1Br. The predicted octanol–water partition coefficient (Wildman–Crippen LogP) is 3.67. The molecule has 0 saturated carbocycles. The highest BCUT2D eigenvalue weighted by Crippen LogP contribution is 2.24. The standard InChI is InChI=1S/C15H20Br2N2O/c1-2-19(10-11-5-7-18-8-6-11)15(20)13-9-12(16)3-4-14(13)17/h3-4,9,11,18H,2,5-8,10H2,1H3. The zero-order valence-electron chi connectivity index (χ0n) is 11.7. The number of piperidine rings is 1. The molecule has 0 aromatic heterocycles. The Hall–Kier alpha value is -0.390. The minimum absolute atomic E-state index is 0.110. The fourth-order valence-electron chi connectivity index (χ4n) is 2.56. The second kappa shape index (κ2) is 7.57. The van der Waals surface area contributed by atoms with Crippen LogP contribution >= 0.6 is 31.9 Å². The largest absolute Gasteiger partial charge is 0.339 e. The molecule has 1 aromatic rings. The van der Waals surface area contributed by atoms with Crippen LogP contribution in [0.5, 0.6) is 0 Å². The van der Waals surface area contributed by atoms with E-state index in [1.807, 2.05) is 30.0 Å². The number of carbonyl (C=O) groups excluding carboxylic acids is 1. The van der Waals surface area contributed by atoms with Gasteiger partial charge in [-0.3, -0.25) is 4.79 Å². The van der Waals surface area contributed by atoms with E-state index in [9.17, 15) is 4.79 Å². The number of rotatable bonds is 4. The number of amides is 1. The number of carbonyl (C=O) groups is 1. The summed E-state index contributed by atoms with van der Waals surface area (Å²) < 4.78 is 1.79. The lowest BCUT2D eigenvalue weighted by Crippen LogP contribution is -2.39. The molecule has 5 heteroatoms. The average Bonchev–Trinajstić information content (AvgIpc) is 2.47. The van der Waals surface area contributed by atoms with Crippen LogP contribution in [-0.4, -0.2) is 37.0 Å². The quantitative estimate of drug-likeness (QED) is 0.831. The smallest absolute Gasteiger partial charge is 0.255 e. The van der Waals surface area contributed by atoms with Gasteiger partial charge in [0.2, 0.25) is 0 Å². The van der Waals surface area contributed by atoms with Gasteiger partial charge in [-0.15, -0.1) is 0 Å². The minimum atomic E-state index is 0.110. The molecule has 0 spiro atoms. The zero-order chi connectivity index (χ0) is 14.5. The summed E-state index contributed by atoms with van der Waals surface area (Å²) in [5.74, 6) is 0.727. The van der Waals surface area contributed by atoms with Crippen LogP contribution in [0, 0.1) is 5.92 Å². The summed E-state index contributed by atoms with van der Waals surface area (Å²) in [6.45, 7) is 5.79. The maximum Gasteiger partial charge on any atom is 0.255 e. The van der Waals surface area contributed by atoms with E-state index >= 15 is 0 Å². The Kier molecular flexibility index (Phi) is 6.05. The van der Waals surface area contributed by atoms with E-state index in [2.05, 4.69) is 37.2 Å². The Morgan fingerprint density at radius 2 is 2.05 bits per heavy atom. The molecule has 1 heterocycles. The highest BCUT2D eigenvalue weighted by molar-refractivity contribution is 9.11. The molecule has 0 radical (unpaired) electrons. The van der Waals surface area contributed by atoms with Crippen LogP contribution in [-0.2, 0) is 0 Å². The molecule has 0 unspecified atom stereocenters. The summed E-state index contributed by atoms with van der Waals surface area (Å²) >= 11 is 6.91. The van der Waals surface area contributed by atoms with Crippen molar-refractivity contribution in [1.82, 2.24) is 10.2 Å². The normalized spacial score (nSPS) is 16.1. The van der Waals surface area contributed by atoms with Crippen LogP contribution in [0.25, 0.3) is 0 Å². The van der Waals surface area contributed by atoms with Crippen LogP contribution in [0.15, 0.2) is 27.1 Å². The number of hydrogen-bond donors (Lipinski definition) is 1. The summed E-state index contributed by atoms with van der Waals surface area (Å²) in [6.07, 6.45) is 2.31. The molecule has 0 bridgehead atoms. The summed E-state index contributed by atoms with van der Waals surface area (Å²) in [5.41, 5.74) is 0.732. The first kappa shape index (κ1) is 16.0. The van der Waals surface area contributed by atoms with Crippen molar-refractivity contribution in [1.29, 1.82) is 0 Å². The van der Waals surface area contributed by atoms with Crippen molar-refractivity contribution < 1.29 is 4.79 Å². The van der Waals surface area contributed by atoms with Crippen molar-refractivity contribution in [3.63, 3.8) is 0 Å². The van der Waals surface area contributed by atoms with Crippen LogP contribution < -0.4 is 5.32 Å². The molecule has 0 atom stereocenters. The van der Waals surface area contributed by atoms with Crippen LogP contribution in [0.1, 0.15) is 30.1 Å². The van der Waals surface area contributed by atoms with E-state index in [1.54, 1.807) is 0 Å². The van der Waals surface area contributed by atoms with Gasteiger partial charge < -0.3 is 10.2 Å². The molecule has 1 saturated heterocycles. The molecule has 1 aliphatic heterocycles. The van der Waals surface area contributed by atoms with E-state index in [0.29, 0.717) is 5.92 Å². The molecule has 3 nitrogen and oxygen atoms in total. The lowest BCUT2D eigenvalue weighted by molar-refractivity contribution is 0.0726. The predicted molar refractivity (Wildman–Crippen MR) is 89.0 cm³/mol. The summed E-state index contributed by atoms with van der Waals surface area (Å²) in [5, 5.41) is 3.37. The third kappa shape index (κ3) is 4.06. The van der Waals surface area contributed by atoms with Gasteiger partial charge in [-0.05, 0) is 72.9 Å². The Labute approximate surface area is 137 Å². The fourth-order valence-corrected chi connectivity index (χ4v) is 3.34. The second-order valence-electron chi connectivity index (χ2n) is 5.16. The second-order valence-corrected chi connectivity index (χ2v) is 6.93. The molecular formula is C15H20Br2N2O. The van der Waals surface area contributed by atoms with Gasteiger partial charge in [0.15, 0.2) is 0 Å². The van der Waals surface area contributed by atoms with Crippen molar-refractivity contribution >= 4 is 37.8 Å². The fraction of sp³-hybridized carbons (Fsp3) is 0.533. The van der Waals surface area contributed by atoms with Crippen LogP contribution in [0.2, 0.25) is 0 Å². The third-order valence-electron chi connectivity index (χ3n) is 3.77. The van der Waals surface area contributed by atoms with Gasteiger partial charge in [0, 0.05) is 22.0 Å². The minimum Gasteiger partial charge on any atom is -0.339 e. The Morgan fingerprint density at radius 1 is 1.35 bits per heavy atom. The molecule has 20 heavy (non-hydrogen) atoms. The first-order valence-corrected chi connectivity index (χ1v) is 8.65. The van der Waals surface area contributed by atoms with Gasteiger partial charge in [0.25, 0.3) is 5.91 Å². The van der Waals surface area contributed by atoms with E-state index in [-0.39, 0.29) is 5.91 Å². The number of hydrogen-bond acceptors (Lipinski definition) is 2. The molecule has 110 valence electrons. The van der Waals surface area contributed by atoms with E-state index in [0.717, 1.165) is 53.5 Å². The third-order valence-corrected chi connectivity index (χ3v) is 4.95. The maximum atomic E-state index is 12.7. The van der Waals surface area contributed by atoms with Gasteiger partial charge in [-0.1, -0.05) is 15.9 Å². The van der Waals surface area contributed by atoms with Gasteiger partial charge in [-0.2, -0.15) is 0 Å². The number of nitrogens with zero attached hydrogens (tertiary/aromatic N) is 1. The summed E-state index contributed by atoms with van der Waals surface area (Å²) in [6, 6.07) is 5.73. The van der Waals surface area contributed by atoms with Gasteiger partial charge in [0.05, 0.1) is 5.56 Å². The van der Waals surface area contributed by atoms with E-state index in [4.69, 9.17) is 0 Å². The van der Waals surface area contributed by atoms with Gasteiger partial charge >= 0.3 is 0 Å². The maximum absolute atomic E-state index is 12.7. The average molecular weight is 404 g/mol. The van der Waals surface area contributed by atoms with Crippen LogP contribution in [0.4, 0.5) is 0 Å². The molecule has 0 aliphatic carbocycles. The summed E-state index contributed by atoms with van der Waals surface area (Å²) in [7, 11) is 0. The van der Waals surface area contributed by atoms with Crippen molar-refractivity contribution in [3.8, 4) is 0 Å². The molecule has 1 aromatic carbocycles. The van der Waals surface area contributed by atoms with Gasteiger partial charge in [-0.25, -0.2) is 0 Å². The Balaban J connectivity index is 2.09. The van der Waals surface area contributed by atoms with Crippen molar-refractivity contribution in [2.75, 3.05) is 26.2 Å². The lowest BCUT2D eigenvalue weighted by atomic mass is 9.97. The Morgan fingerprint density at radius 3 is 2.70 bits per heavy atom. The molecule has 1 N–H and O–H groups in total. The lowest BCUT2D eigenvalue weighted by Gasteiger charge is -2.29. The first-order valence-electron chi connectivity index (χ1n) is 7.07. The van der Waals surface area contributed by atoms with Crippen molar-refractivity contribution in [2.45, 2.75) is 19.8 Å². The van der Waals surface area contributed by atoms with E-state index < -0.39 is 0 Å². The number of benzene rings is 1. The number of nitrogens with one attached hydrogen (secondary N) is 1. The van der Waals surface area contributed by atoms with Crippen molar-refractivity contribution in [2.24, 2.45) is 5.92 Å². The topological polar surface area (TPSA) is 32.3 Å². The highest BCUT2D eigenvalue weighted by atomic mass is 79.9. The molecule has 1 amide bonds. The number of halogens is 2. The zero-order valence-corrected chi connectivity index (χ0v) is 14.8. The first-order chi connectivity index (χ1) is 9.61. The molecule has 2 rings (SSSR count). The Bertz CT molecular complexity index is 473. The molecule has 1 aliphatic rings. The van der Waals surface area contributed by atoms with E-state index in [1.165, 1.54) is 0 Å². The van der Waals surface area contributed by atoms with Gasteiger partial charge in [0.1, 0.15) is 0 Å². The van der Waals surface area contributed by atoms with Crippen molar-refractivity contribution in [3.05, 3.63) is 32.7 Å². The molecule has 1 fully saturated rings.